The van der Waals surface area contributed by atoms with Crippen molar-refractivity contribution >= 4 is 56.5 Å². The van der Waals surface area contributed by atoms with E-state index in [9.17, 15) is 9.59 Å². The number of aromatic nitrogens is 3. The van der Waals surface area contributed by atoms with E-state index in [-0.39, 0.29) is 11.9 Å². The number of thiophene rings is 1. The molecular weight excluding hydrogens is 480 g/mol. The molecule has 3 heterocycles. The van der Waals surface area contributed by atoms with E-state index in [1.54, 1.807) is 6.92 Å². The number of fused-ring (bicyclic) bond motifs is 4. The molecule has 1 aromatic carbocycles. The zero-order valence-electron chi connectivity index (χ0n) is 20.1. The van der Waals surface area contributed by atoms with Crippen LogP contribution < -0.4 is 5.32 Å². The fraction of sp³-hybridized carbons (Fsp3) is 0.385. The van der Waals surface area contributed by atoms with E-state index in [0.29, 0.717) is 28.7 Å². The Morgan fingerprint density at radius 1 is 1.20 bits per heavy atom. The number of anilines is 1. The van der Waals surface area contributed by atoms with Crippen molar-refractivity contribution in [3.05, 3.63) is 51.9 Å². The Hall–Kier alpha value is -2.91. The van der Waals surface area contributed by atoms with Crippen LogP contribution in [0.5, 0.6) is 0 Å². The van der Waals surface area contributed by atoms with Gasteiger partial charge in [0.05, 0.1) is 22.9 Å². The molecule has 0 aliphatic heterocycles. The molecule has 1 unspecified atom stereocenters. The van der Waals surface area contributed by atoms with Gasteiger partial charge in [0.1, 0.15) is 5.00 Å². The second-order valence-corrected chi connectivity index (χ2v) is 10.9. The topological polar surface area (TPSA) is 85.6 Å². The first-order valence-corrected chi connectivity index (χ1v) is 13.7. The summed E-state index contributed by atoms with van der Waals surface area (Å²) in [5, 5.41) is 13.9. The highest BCUT2D eigenvalue weighted by atomic mass is 32.2. The first kappa shape index (κ1) is 23.8. The van der Waals surface area contributed by atoms with Gasteiger partial charge in [-0.05, 0) is 69.2 Å². The summed E-state index contributed by atoms with van der Waals surface area (Å²) >= 11 is 2.91. The molecule has 5 rings (SSSR count). The molecule has 1 N–H and O–H groups in total. The first-order valence-electron chi connectivity index (χ1n) is 12.0. The molecule has 1 aliphatic rings. The number of ether oxygens (including phenoxy) is 1. The van der Waals surface area contributed by atoms with Crippen LogP contribution in [0.2, 0.25) is 0 Å². The summed E-state index contributed by atoms with van der Waals surface area (Å²) in [6, 6.07) is 10.2. The largest absolute Gasteiger partial charge is 0.462 e. The summed E-state index contributed by atoms with van der Waals surface area (Å²) in [6.45, 7) is 6.15. The molecule has 0 bridgehead atoms. The fourth-order valence-electron chi connectivity index (χ4n) is 4.67. The molecule has 0 radical (unpaired) electrons. The highest BCUT2D eigenvalue weighted by Crippen LogP contribution is 2.39. The van der Waals surface area contributed by atoms with Crippen LogP contribution in [-0.2, 0) is 22.4 Å². The Morgan fingerprint density at radius 3 is 2.80 bits per heavy atom. The van der Waals surface area contributed by atoms with Crippen LogP contribution in [-0.4, -0.2) is 38.3 Å². The van der Waals surface area contributed by atoms with Gasteiger partial charge in [-0.15, -0.1) is 21.5 Å². The zero-order valence-corrected chi connectivity index (χ0v) is 21.7. The van der Waals surface area contributed by atoms with Crippen LogP contribution in [0.3, 0.4) is 0 Å². The van der Waals surface area contributed by atoms with Gasteiger partial charge in [-0.1, -0.05) is 36.9 Å². The molecule has 1 atom stereocenters. The average Bonchev–Trinajstić information content (AvgIpc) is 3.43. The van der Waals surface area contributed by atoms with Gasteiger partial charge in [-0.3, -0.25) is 9.20 Å². The molecule has 4 aromatic rings. The lowest BCUT2D eigenvalue weighted by Gasteiger charge is -2.15. The Labute approximate surface area is 212 Å². The number of para-hydroxylation sites is 1. The number of benzene rings is 1. The molecule has 9 heteroatoms. The fourth-order valence-corrected chi connectivity index (χ4v) is 6.92. The van der Waals surface area contributed by atoms with E-state index < -0.39 is 5.25 Å². The Bertz CT molecular complexity index is 1430. The molecular formula is C26H28N4O3S2. The van der Waals surface area contributed by atoms with Crippen molar-refractivity contribution in [2.45, 2.75) is 63.3 Å². The number of amides is 1. The van der Waals surface area contributed by atoms with Gasteiger partial charge >= 0.3 is 5.97 Å². The number of hydrogen-bond donors (Lipinski definition) is 1. The Kier molecular flexibility index (Phi) is 6.80. The number of pyridine rings is 1. The van der Waals surface area contributed by atoms with Gasteiger partial charge in [0.15, 0.2) is 10.8 Å². The standard InChI is InChI=1S/C26H28N4O3S2/c1-4-19(35-26-29-28-21-14-15(3)16-10-6-8-12-18(16)30(21)26)23(31)27-24-22(25(32)33-5-2)17-11-7-9-13-20(17)34-24/h6,8,10,12,14,19H,4-5,7,9,11,13H2,1-3H3,(H,27,31). The number of nitrogens with one attached hydrogen (secondary N) is 1. The summed E-state index contributed by atoms with van der Waals surface area (Å²) < 4.78 is 7.35. The summed E-state index contributed by atoms with van der Waals surface area (Å²) in [4.78, 5) is 27.4. The van der Waals surface area contributed by atoms with Crippen molar-refractivity contribution in [2.24, 2.45) is 0 Å². The zero-order chi connectivity index (χ0) is 24.5. The van der Waals surface area contributed by atoms with Crippen molar-refractivity contribution in [3.63, 3.8) is 0 Å². The summed E-state index contributed by atoms with van der Waals surface area (Å²) in [6.07, 6.45) is 4.54. The smallest absolute Gasteiger partial charge is 0.341 e. The Balaban J connectivity index is 1.45. The molecule has 3 aromatic heterocycles. The van der Waals surface area contributed by atoms with E-state index in [0.717, 1.165) is 53.4 Å². The number of thioether (sulfide) groups is 1. The van der Waals surface area contributed by atoms with Crippen molar-refractivity contribution < 1.29 is 14.3 Å². The number of carbonyl (C=O) groups excluding carboxylic acids is 2. The lowest BCUT2D eigenvalue weighted by molar-refractivity contribution is -0.115. The predicted octanol–water partition coefficient (Wildman–Crippen LogP) is 5.82. The highest BCUT2D eigenvalue weighted by molar-refractivity contribution is 8.00. The van der Waals surface area contributed by atoms with E-state index in [2.05, 4.69) is 28.5 Å². The van der Waals surface area contributed by atoms with Crippen LogP contribution in [0.25, 0.3) is 16.6 Å². The molecule has 0 spiro atoms. The minimum absolute atomic E-state index is 0.144. The molecule has 1 amide bonds. The van der Waals surface area contributed by atoms with Gasteiger partial charge in [0.2, 0.25) is 5.91 Å². The van der Waals surface area contributed by atoms with E-state index >= 15 is 0 Å². The number of rotatable bonds is 7. The second kappa shape index (κ2) is 9.99. The summed E-state index contributed by atoms with van der Waals surface area (Å²) in [5.74, 6) is -0.497. The third-order valence-electron chi connectivity index (χ3n) is 6.37. The summed E-state index contributed by atoms with van der Waals surface area (Å²) in [7, 11) is 0. The van der Waals surface area contributed by atoms with Crippen LogP contribution >= 0.6 is 23.1 Å². The molecule has 1 aliphatic carbocycles. The van der Waals surface area contributed by atoms with Gasteiger partial charge < -0.3 is 10.1 Å². The third-order valence-corrected chi connectivity index (χ3v) is 8.89. The van der Waals surface area contributed by atoms with Crippen molar-refractivity contribution in [1.82, 2.24) is 14.6 Å². The minimum atomic E-state index is -0.392. The lowest BCUT2D eigenvalue weighted by Crippen LogP contribution is -2.25. The Morgan fingerprint density at radius 2 is 2.00 bits per heavy atom. The van der Waals surface area contributed by atoms with Gasteiger partial charge in [0.25, 0.3) is 0 Å². The molecule has 7 nitrogen and oxygen atoms in total. The number of aryl methyl sites for hydroxylation is 2. The molecule has 0 fully saturated rings. The maximum absolute atomic E-state index is 13.4. The van der Waals surface area contributed by atoms with Gasteiger partial charge in [0, 0.05) is 10.3 Å². The van der Waals surface area contributed by atoms with Crippen LogP contribution in [0, 0.1) is 6.92 Å². The van der Waals surface area contributed by atoms with Crippen molar-refractivity contribution in [3.8, 4) is 0 Å². The monoisotopic (exact) mass is 508 g/mol. The number of nitrogens with zero attached hydrogens (tertiary/aromatic N) is 3. The highest BCUT2D eigenvalue weighted by Gasteiger charge is 2.29. The SMILES string of the molecule is CCOC(=O)c1c(NC(=O)C(CC)Sc2nnc3cc(C)c4ccccc4n23)sc2c1CCCC2. The molecule has 0 saturated heterocycles. The van der Waals surface area contributed by atoms with E-state index in [1.807, 2.05) is 35.6 Å². The van der Waals surface area contributed by atoms with Crippen LogP contribution in [0.15, 0.2) is 35.5 Å². The van der Waals surface area contributed by atoms with E-state index in [1.165, 1.54) is 28.0 Å². The lowest BCUT2D eigenvalue weighted by atomic mass is 9.95. The van der Waals surface area contributed by atoms with Crippen LogP contribution in [0.4, 0.5) is 5.00 Å². The van der Waals surface area contributed by atoms with Crippen molar-refractivity contribution in [1.29, 1.82) is 0 Å². The molecule has 35 heavy (non-hydrogen) atoms. The quantitative estimate of drug-likeness (QED) is 0.250. The molecule has 0 saturated carbocycles. The second-order valence-electron chi connectivity index (χ2n) is 8.66. The van der Waals surface area contributed by atoms with Crippen LogP contribution in [0.1, 0.15) is 59.5 Å². The number of esters is 1. The van der Waals surface area contributed by atoms with Crippen molar-refractivity contribution in [2.75, 3.05) is 11.9 Å². The normalized spacial score (nSPS) is 14.1. The van der Waals surface area contributed by atoms with Gasteiger partial charge in [-0.25, -0.2) is 4.79 Å². The maximum atomic E-state index is 13.4. The first-order chi connectivity index (χ1) is 17.0. The number of hydrogen-bond acceptors (Lipinski definition) is 7. The predicted molar refractivity (Wildman–Crippen MR) is 141 cm³/mol. The molecule has 182 valence electrons. The summed E-state index contributed by atoms with van der Waals surface area (Å²) in [5.41, 5.74) is 4.49. The maximum Gasteiger partial charge on any atom is 0.341 e. The van der Waals surface area contributed by atoms with Gasteiger partial charge in [-0.2, -0.15) is 0 Å². The third kappa shape index (κ3) is 4.43. The minimum Gasteiger partial charge on any atom is -0.462 e. The van der Waals surface area contributed by atoms with E-state index in [4.69, 9.17) is 4.74 Å². The number of carbonyl (C=O) groups is 2. The average molecular weight is 509 g/mol.